The van der Waals surface area contributed by atoms with Gasteiger partial charge < -0.3 is 9.64 Å². The molecule has 0 aromatic carbocycles. The van der Waals surface area contributed by atoms with Gasteiger partial charge in [-0.05, 0) is 12.1 Å². The molecule has 0 spiro atoms. The number of hydrogen-bond donors (Lipinski definition) is 1. The summed E-state index contributed by atoms with van der Waals surface area (Å²) in [6.07, 6.45) is 1.85. The molecule has 0 bridgehead atoms. The lowest BCUT2D eigenvalue weighted by Gasteiger charge is -2.35. The Balaban J connectivity index is 1.68. The van der Waals surface area contributed by atoms with Gasteiger partial charge in [0.1, 0.15) is 5.82 Å². The van der Waals surface area contributed by atoms with Crippen LogP contribution in [0.2, 0.25) is 0 Å². The third-order valence-corrected chi connectivity index (χ3v) is 3.32. The Morgan fingerprint density at radius 2 is 2.00 bits per heavy atom. The second kappa shape index (κ2) is 7.61. The number of pyridine rings is 1. The van der Waals surface area contributed by atoms with Gasteiger partial charge in [0.2, 0.25) is 0 Å². The molecule has 5 heteroatoms. The van der Waals surface area contributed by atoms with Crippen LogP contribution in [0, 0.1) is 0 Å². The van der Waals surface area contributed by atoms with Crippen LogP contribution >= 0.6 is 12.6 Å². The molecule has 18 heavy (non-hydrogen) atoms. The van der Waals surface area contributed by atoms with Crippen LogP contribution < -0.4 is 4.90 Å². The van der Waals surface area contributed by atoms with Gasteiger partial charge >= 0.3 is 0 Å². The highest BCUT2D eigenvalue weighted by Crippen LogP contribution is 2.12. The van der Waals surface area contributed by atoms with Gasteiger partial charge in [0.25, 0.3) is 0 Å². The fourth-order valence-corrected chi connectivity index (χ4v) is 2.23. The third kappa shape index (κ3) is 4.15. The maximum atomic E-state index is 5.45. The molecule has 0 aliphatic carbocycles. The number of rotatable bonds is 6. The van der Waals surface area contributed by atoms with E-state index in [0.29, 0.717) is 0 Å². The van der Waals surface area contributed by atoms with E-state index < -0.39 is 0 Å². The minimum absolute atomic E-state index is 0.747. The summed E-state index contributed by atoms with van der Waals surface area (Å²) in [4.78, 5) is 9.17. The predicted octanol–water partition coefficient (Wildman–Crippen LogP) is 1.15. The molecule has 2 heterocycles. The zero-order valence-corrected chi connectivity index (χ0v) is 11.6. The highest BCUT2D eigenvalue weighted by molar-refractivity contribution is 7.80. The van der Waals surface area contributed by atoms with Crippen molar-refractivity contribution in [3.63, 3.8) is 0 Å². The third-order valence-electron chi connectivity index (χ3n) is 3.13. The molecule has 0 saturated carbocycles. The first-order valence-corrected chi connectivity index (χ1v) is 7.10. The van der Waals surface area contributed by atoms with Crippen molar-refractivity contribution in [1.82, 2.24) is 9.88 Å². The van der Waals surface area contributed by atoms with Crippen molar-refractivity contribution in [3.05, 3.63) is 24.4 Å². The van der Waals surface area contributed by atoms with Crippen molar-refractivity contribution in [2.45, 2.75) is 0 Å². The van der Waals surface area contributed by atoms with Crippen LogP contribution in [-0.4, -0.2) is 61.6 Å². The SMILES string of the molecule is SCCOCCN1CCN(c2ccccn2)CC1. The summed E-state index contributed by atoms with van der Waals surface area (Å²) in [7, 11) is 0. The Morgan fingerprint density at radius 3 is 2.67 bits per heavy atom. The molecule has 1 aliphatic rings. The lowest BCUT2D eigenvalue weighted by atomic mass is 10.3. The molecule has 0 N–H and O–H groups in total. The van der Waals surface area contributed by atoms with Crippen molar-refractivity contribution in [2.24, 2.45) is 0 Å². The minimum atomic E-state index is 0.747. The maximum absolute atomic E-state index is 5.45. The standard InChI is InChI=1S/C13H21N3OS/c18-12-11-17-10-9-15-5-7-16(8-6-15)13-3-1-2-4-14-13/h1-4,18H,5-12H2. The molecule has 100 valence electrons. The number of aromatic nitrogens is 1. The zero-order valence-electron chi connectivity index (χ0n) is 10.7. The van der Waals surface area contributed by atoms with Crippen LogP contribution in [-0.2, 0) is 4.74 Å². The summed E-state index contributed by atoms with van der Waals surface area (Å²) in [5.41, 5.74) is 0. The molecule has 1 aromatic rings. The summed E-state index contributed by atoms with van der Waals surface area (Å²) >= 11 is 4.12. The molecule has 1 saturated heterocycles. The minimum Gasteiger partial charge on any atom is -0.379 e. The number of hydrogen-bond acceptors (Lipinski definition) is 5. The number of nitrogens with zero attached hydrogens (tertiary/aromatic N) is 3. The van der Waals surface area contributed by atoms with Gasteiger partial charge in [0.05, 0.1) is 13.2 Å². The lowest BCUT2D eigenvalue weighted by molar-refractivity contribution is 0.113. The molecule has 1 fully saturated rings. The molecule has 4 nitrogen and oxygen atoms in total. The first-order valence-electron chi connectivity index (χ1n) is 6.47. The first-order chi connectivity index (χ1) is 8.90. The largest absolute Gasteiger partial charge is 0.379 e. The van der Waals surface area contributed by atoms with Crippen molar-refractivity contribution in [2.75, 3.05) is 56.6 Å². The van der Waals surface area contributed by atoms with Crippen molar-refractivity contribution >= 4 is 18.4 Å². The van der Waals surface area contributed by atoms with E-state index in [4.69, 9.17) is 4.74 Å². The smallest absolute Gasteiger partial charge is 0.128 e. The summed E-state index contributed by atoms with van der Waals surface area (Å²) in [6.45, 7) is 6.83. The van der Waals surface area contributed by atoms with Crippen LogP contribution in [0.5, 0.6) is 0 Å². The van der Waals surface area contributed by atoms with E-state index in [1.165, 1.54) is 0 Å². The fourth-order valence-electron chi connectivity index (χ4n) is 2.10. The predicted molar refractivity (Wildman–Crippen MR) is 77.6 cm³/mol. The second-order valence-electron chi connectivity index (χ2n) is 4.35. The van der Waals surface area contributed by atoms with Gasteiger partial charge in [-0.3, -0.25) is 4.90 Å². The van der Waals surface area contributed by atoms with Crippen LogP contribution in [0.15, 0.2) is 24.4 Å². The van der Waals surface area contributed by atoms with Gasteiger partial charge in [0.15, 0.2) is 0 Å². The van der Waals surface area contributed by atoms with Crippen LogP contribution in [0.25, 0.3) is 0 Å². The molecule has 1 aromatic heterocycles. The number of thiol groups is 1. The molecular formula is C13H21N3OS. The Kier molecular flexibility index (Phi) is 5.77. The van der Waals surface area contributed by atoms with E-state index in [9.17, 15) is 0 Å². The van der Waals surface area contributed by atoms with E-state index in [1.54, 1.807) is 0 Å². The molecule has 2 rings (SSSR count). The normalized spacial score (nSPS) is 17.1. The van der Waals surface area contributed by atoms with Crippen molar-refractivity contribution in [1.29, 1.82) is 0 Å². The van der Waals surface area contributed by atoms with E-state index in [2.05, 4.69) is 33.5 Å². The van der Waals surface area contributed by atoms with Gasteiger partial charge in [0, 0.05) is 44.7 Å². The summed E-state index contributed by atoms with van der Waals surface area (Å²) in [5.74, 6) is 1.89. The van der Waals surface area contributed by atoms with E-state index in [-0.39, 0.29) is 0 Å². The molecular weight excluding hydrogens is 246 g/mol. The highest BCUT2D eigenvalue weighted by Gasteiger charge is 2.17. The molecule has 0 radical (unpaired) electrons. The van der Waals surface area contributed by atoms with Gasteiger partial charge in [-0.1, -0.05) is 6.07 Å². The monoisotopic (exact) mass is 267 g/mol. The molecule has 0 unspecified atom stereocenters. The Hall–Kier alpha value is -0.780. The molecule has 0 atom stereocenters. The Morgan fingerprint density at radius 1 is 1.17 bits per heavy atom. The fraction of sp³-hybridized carbons (Fsp3) is 0.615. The van der Waals surface area contributed by atoms with Crippen LogP contribution in [0.1, 0.15) is 0 Å². The van der Waals surface area contributed by atoms with Crippen LogP contribution in [0.4, 0.5) is 5.82 Å². The molecule has 0 amide bonds. The Labute approximate surface area is 114 Å². The number of piperazine rings is 1. The van der Waals surface area contributed by atoms with Crippen LogP contribution in [0.3, 0.4) is 0 Å². The molecule has 1 aliphatic heterocycles. The lowest BCUT2D eigenvalue weighted by Crippen LogP contribution is -2.47. The zero-order chi connectivity index (χ0) is 12.6. The van der Waals surface area contributed by atoms with Gasteiger partial charge in [-0.2, -0.15) is 12.6 Å². The van der Waals surface area contributed by atoms with Gasteiger partial charge in [-0.15, -0.1) is 0 Å². The number of anilines is 1. The van der Waals surface area contributed by atoms with Gasteiger partial charge in [-0.25, -0.2) is 4.98 Å². The quantitative estimate of drug-likeness (QED) is 0.618. The van der Waals surface area contributed by atoms with E-state index in [0.717, 1.165) is 57.5 Å². The summed E-state index contributed by atoms with van der Waals surface area (Å²) < 4.78 is 5.45. The second-order valence-corrected chi connectivity index (χ2v) is 4.80. The van der Waals surface area contributed by atoms with Crippen molar-refractivity contribution in [3.8, 4) is 0 Å². The van der Waals surface area contributed by atoms with Crippen molar-refractivity contribution < 1.29 is 4.74 Å². The maximum Gasteiger partial charge on any atom is 0.128 e. The summed E-state index contributed by atoms with van der Waals surface area (Å²) in [5, 5.41) is 0. The average molecular weight is 267 g/mol. The highest BCUT2D eigenvalue weighted by atomic mass is 32.1. The summed E-state index contributed by atoms with van der Waals surface area (Å²) in [6, 6.07) is 6.07. The topological polar surface area (TPSA) is 28.6 Å². The first kappa shape index (κ1) is 13.6. The Bertz CT molecular complexity index is 328. The number of ether oxygens (including phenoxy) is 1. The van der Waals surface area contributed by atoms with E-state index >= 15 is 0 Å². The average Bonchev–Trinajstić information content (AvgIpc) is 2.45. The van der Waals surface area contributed by atoms with E-state index in [1.807, 2.05) is 18.3 Å².